The van der Waals surface area contributed by atoms with Gasteiger partial charge in [0.15, 0.2) is 25.1 Å². The Morgan fingerprint density at radius 3 is 1.60 bits per heavy atom. The summed E-state index contributed by atoms with van der Waals surface area (Å²) in [5.41, 5.74) is -1.37. The molecule has 0 amide bonds. The van der Waals surface area contributed by atoms with Gasteiger partial charge in [0.2, 0.25) is 5.54 Å². The van der Waals surface area contributed by atoms with Crippen LogP contribution in [0.1, 0.15) is 33.6 Å². The Morgan fingerprint density at radius 1 is 0.667 bits per heavy atom. The first-order chi connectivity index (χ1) is 14.5. The van der Waals surface area contributed by atoms with E-state index in [0.29, 0.717) is 60.2 Å². The number of rotatable bonds is 13. The van der Waals surface area contributed by atoms with Crippen LogP contribution in [0.3, 0.4) is 0 Å². The van der Waals surface area contributed by atoms with Crippen LogP contribution in [0, 0.1) is 0 Å². The molecule has 0 fully saturated rings. The Morgan fingerprint density at radius 2 is 1.17 bits per heavy atom. The summed E-state index contributed by atoms with van der Waals surface area (Å²) in [5.74, 6) is 0. The number of aldehydes is 6. The molecule has 8 nitrogen and oxygen atoms in total. The average Bonchev–Trinajstić information content (AvgIpc) is 2.81. The maximum absolute atomic E-state index is 11.8. The summed E-state index contributed by atoms with van der Waals surface area (Å²) in [6, 6.07) is 12.4. The van der Waals surface area contributed by atoms with Crippen molar-refractivity contribution in [2.45, 2.75) is 23.9 Å². The van der Waals surface area contributed by atoms with E-state index in [9.17, 15) is 28.8 Å². The molecule has 0 saturated carbocycles. The number of hydrogen-bond donors (Lipinski definition) is 2. The van der Waals surface area contributed by atoms with Gasteiger partial charge in [-0.15, -0.1) is 0 Å². The molecule has 0 radical (unpaired) electrons. The van der Waals surface area contributed by atoms with Gasteiger partial charge in [-0.1, -0.05) is 0 Å². The van der Waals surface area contributed by atoms with E-state index >= 15 is 0 Å². The lowest BCUT2D eigenvalue weighted by atomic mass is 9.87. The predicted octanol–water partition coefficient (Wildman–Crippen LogP) is 0.672. The minimum Gasteiger partial charge on any atom is -0.367 e. The number of quaternary nitrogens is 1. The zero-order valence-corrected chi connectivity index (χ0v) is 16.0. The molecule has 0 unspecified atom stereocenters. The second-order valence-corrected chi connectivity index (χ2v) is 6.92. The molecular weight excluding hydrogens is 388 g/mol. The van der Waals surface area contributed by atoms with E-state index in [1.54, 1.807) is 36.4 Å². The van der Waals surface area contributed by atoms with Gasteiger partial charge in [0, 0.05) is 23.2 Å². The zero-order valence-electron chi connectivity index (χ0n) is 16.0. The fraction of sp³-hybridized carbons (Fsp3) is 0.182. The van der Waals surface area contributed by atoms with Gasteiger partial charge in [0.05, 0.1) is 0 Å². The van der Waals surface area contributed by atoms with Crippen LogP contribution in [0.5, 0.6) is 0 Å². The van der Waals surface area contributed by atoms with Crippen LogP contribution >= 0.6 is 0 Å². The van der Waals surface area contributed by atoms with Crippen molar-refractivity contribution in [2.75, 3.05) is 5.32 Å². The predicted molar refractivity (Wildman–Crippen MR) is 108 cm³/mol. The molecule has 0 saturated heterocycles. The van der Waals surface area contributed by atoms with Crippen molar-refractivity contribution < 1.29 is 34.1 Å². The van der Waals surface area contributed by atoms with Crippen LogP contribution < -0.4 is 10.6 Å². The number of nitrogens with one attached hydrogen (secondary N) is 1. The lowest BCUT2D eigenvalue weighted by Crippen LogP contribution is -2.94. The standard InChI is InChI=1S/C22H20N2O6/c25-11-17-1-5-19(6-2-17)23-21(13-27,14-28)9-10-22(15-29,16-30)24-20-7-3-18(12-26)4-8-20/h1-8,11-16,23-24H,9-10H2/p+1. The Hall–Kier alpha value is -3.78. The van der Waals surface area contributed by atoms with Crippen molar-refractivity contribution >= 4 is 49.1 Å². The van der Waals surface area contributed by atoms with Crippen molar-refractivity contribution in [1.29, 1.82) is 0 Å². The largest absolute Gasteiger partial charge is 0.367 e. The number of carbonyl (C=O) groups excluding carboxylic acids is 6. The molecule has 3 N–H and O–H groups in total. The van der Waals surface area contributed by atoms with Gasteiger partial charge in [0.25, 0.3) is 0 Å². The highest BCUT2D eigenvalue weighted by molar-refractivity contribution is 5.94. The molecule has 30 heavy (non-hydrogen) atoms. The molecule has 0 atom stereocenters. The van der Waals surface area contributed by atoms with E-state index in [0.717, 1.165) is 0 Å². The molecule has 0 aliphatic carbocycles. The molecule has 2 rings (SSSR count). The van der Waals surface area contributed by atoms with Gasteiger partial charge in [-0.05, 0) is 55.0 Å². The van der Waals surface area contributed by atoms with E-state index in [1.807, 2.05) is 0 Å². The molecular formula is C22H21N2O6+. The smallest absolute Gasteiger partial charge is 0.212 e. The van der Waals surface area contributed by atoms with Crippen LogP contribution in [-0.2, 0) is 19.2 Å². The van der Waals surface area contributed by atoms with Crippen LogP contribution in [0.4, 0.5) is 11.4 Å². The lowest BCUT2D eigenvalue weighted by Gasteiger charge is -2.28. The highest BCUT2D eigenvalue weighted by Gasteiger charge is 2.39. The first-order valence-corrected chi connectivity index (χ1v) is 9.07. The first kappa shape index (κ1) is 22.5. The van der Waals surface area contributed by atoms with Crippen LogP contribution in [-0.4, -0.2) is 48.8 Å². The summed E-state index contributed by atoms with van der Waals surface area (Å²) in [4.78, 5) is 68.5. The zero-order chi connectivity index (χ0) is 22.0. The normalized spacial score (nSPS) is 11.2. The number of anilines is 1. The molecule has 2 aromatic rings. The van der Waals surface area contributed by atoms with Crippen LogP contribution in [0.15, 0.2) is 48.5 Å². The first-order valence-electron chi connectivity index (χ1n) is 9.07. The third-order valence-electron chi connectivity index (χ3n) is 4.76. The Bertz CT molecular complexity index is 828. The van der Waals surface area contributed by atoms with Gasteiger partial charge in [-0.25, -0.2) is 0 Å². The molecule has 0 aromatic heterocycles. The maximum Gasteiger partial charge on any atom is 0.212 e. The van der Waals surface area contributed by atoms with Gasteiger partial charge in [-0.3, -0.25) is 24.5 Å². The number of nitrogens with two attached hydrogens (primary N) is 1. The Kier molecular flexibility index (Phi) is 7.60. The Labute approximate surface area is 172 Å². The summed E-state index contributed by atoms with van der Waals surface area (Å²) in [5, 5.41) is 4.24. The summed E-state index contributed by atoms with van der Waals surface area (Å²) in [7, 11) is 0. The molecule has 154 valence electrons. The lowest BCUT2D eigenvalue weighted by molar-refractivity contribution is -0.619. The average molecular weight is 409 g/mol. The van der Waals surface area contributed by atoms with Crippen LogP contribution in [0.25, 0.3) is 0 Å². The third kappa shape index (κ3) is 5.39. The SMILES string of the molecule is O=Cc1ccc(NC(C=O)(C=O)CCC(C=O)(C=O)[NH2+]c2ccc(C=O)cc2)cc1. The molecule has 2 aromatic carbocycles. The van der Waals surface area contributed by atoms with E-state index in [4.69, 9.17) is 0 Å². The molecule has 0 bridgehead atoms. The second-order valence-electron chi connectivity index (χ2n) is 6.92. The van der Waals surface area contributed by atoms with Gasteiger partial charge < -0.3 is 14.9 Å². The third-order valence-corrected chi connectivity index (χ3v) is 4.76. The minimum atomic E-state index is -1.66. The van der Waals surface area contributed by atoms with Crippen LogP contribution in [0.2, 0.25) is 0 Å². The number of hydrogen-bond acceptors (Lipinski definition) is 7. The van der Waals surface area contributed by atoms with E-state index in [1.165, 1.54) is 17.4 Å². The van der Waals surface area contributed by atoms with Crippen molar-refractivity contribution in [2.24, 2.45) is 0 Å². The summed E-state index contributed by atoms with van der Waals surface area (Å²) < 4.78 is 0. The van der Waals surface area contributed by atoms with E-state index in [-0.39, 0.29) is 12.8 Å². The fourth-order valence-corrected chi connectivity index (χ4v) is 2.87. The minimum absolute atomic E-state index is 0.105. The van der Waals surface area contributed by atoms with Gasteiger partial charge >= 0.3 is 0 Å². The highest BCUT2D eigenvalue weighted by Crippen LogP contribution is 2.20. The monoisotopic (exact) mass is 409 g/mol. The van der Waals surface area contributed by atoms with Crippen molar-refractivity contribution in [1.82, 2.24) is 0 Å². The summed E-state index contributed by atoms with van der Waals surface area (Å²) >= 11 is 0. The van der Waals surface area contributed by atoms with Crippen molar-refractivity contribution in [3.8, 4) is 0 Å². The quantitative estimate of drug-likeness (QED) is 0.282. The maximum atomic E-state index is 11.8. The molecule has 0 spiro atoms. The highest BCUT2D eigenvalue weighted by atomic mass is 16.1. The molecule has 8 heteroatoms. The molecule has 0 aliphatic rings. The van der Waals surface area contributed by atoms with E-state index < -0.39 is 11.1 Å². The van der Waals surface area contributed by atoms with Gasteiger partial charge in [-0.2, -0.15) is 0 Å². The fourth-order valence-electron chi connectivity index (χ4n) is 2.87. The summed E-state index contributed by atoms with van der Waals surface area (Å²) in [6.07, 6.45) is 2.88. The van der Waals surface area contributed by atoms with Crippen molar-refractivity contribution in [3.05, 3.63) is 59.7 Å². The van der Waals surface area contributed by atoms with Crippen molar-refractivity contribution in [3.63, 3.8) is 0 Å². The Balaban J connectivity index is 2.20. The number of benzene rings is 2. The number of carbonyl (C=O) groups is 6. The van der Waals surface area contributed by atoms with Gasteiger partial charge in [0.1, 0.15) is 23.8 Å². The summed E-state index contributed by atoms with van der Waals surface area (Å²) in [6.45, 7) is 0. The molecule has 0 aliphatic heterocycles. The van der Waals surface area contributed by atoms with E-state index in [2.05, 4.69) is 5.32 Å². The topological polar surface area (TPSA) is 131 Å². The molecule has 0 heterocycles. The second kappa shape index (κ2) is 10.1.